The molecule has 0 aliphatic heterocycles. The van der Waals surface area contributed by atoms with Gasteiger partial charge in [-0.3, -0.25) is 9.59 Å². The fraction of sp³-hybridized carbons (Fsp3) is 0.310. The lowest BCUT2D eigenvalue weighted by molar-refractivity contribution is -0.141. The topological polar surface area (TPSA) is 49.4 Å². The van der Waals surface area contributed by atoms with Crippen molar-refractivity contribution in [1.29, 1.82) is 0 Å². The van der Waals surface area contributed by atoms with Crippen LogP contribution in [0, 0.1) is 0 Å². The molecule has 0 saturated heterocycles. The third kappa shape index (κ3) is 8.75. The number of halogens is 1. The highest BCUT2D eigenvalue weighted by Gasteiger charge is 2.30. The average molecular weight is 509 g/mol. The van der Waals surface area contributed by atoms with Crippen molar-refractivity contribution in [3.8, 4) is 0 Å². The van der Waals surface area contributed by atoms with E-state index in [0.717, 1.165) is 22.4 Å². The van der Waals surface area contributed by atoms with Crippen molar-refractivity contribution in [3.63, 3.8) is 0 Å². The molecule has 1 N–H and O–H groups in total. The summed E-state index contributed by atoms with van der Waals surface area (Å²) < 4.78 is 0. The molecule has 6 heteroatoms. The first-order valence-corrected chi connectivity index (χ1v) is 13.4. The van der Waals surface area contributed by atoms with E-state index in [1.807, 2.05) is 98.8 Å². The zero-order valence-electron chi connectivity index (χ0n) is 20.3. The van der Waals surface area contributed by atoms with Crippen molar-refractivity contribution in [1.82, 2.24) is 10.2 Å². The first-order valence-electron chi connectivity index (χ1n) is 12.0. The molecule has 3 aromatic rings. The minimum Gasteiger partial charge on any atom is -0.352 e. The van der Waals surface area contributed by atoms with Crippen molar-refractivity contribution >= 4 is 35.2 Å². The summed E-state index contributed by atoms with van der Waals surface area (Å²) in [4.78, 5) is 29.9. The Balaban J connectivity index is 1.86. The van der Waals surface area contributed by atoms with Crippen LogP contribution in [0.25, 0.3) is 0 Å². The minimum absolute atomic E-state index is 0.0255. The molecule has 2 unspecified atom stereocenters. The van der Waals surface area contributed by atoms with Gasteiger partial charge in [-0.2, -0.15) is 0 Å². The lowest BCUT2D eigenvalue weighted by Crippen LogP contribution is -2.52. The first kappa shape index (κ1) is 26.8. The van der Waals surface area contributed by atoms with E-state index in [1.165, 1.54) is 0 Å². The summed E-state index contributed by atoms with van der Waals surface area (Å²) in [5, 5.41) is 3.71. The predicted molar refractivity (Wildman–Crippen MR) is 146 cm³/mol. The van der Waals surface area contributed by atoms with Gasteiger partial charge in [-0.05, 0) is 48.7 Å². The summed E-state index contributed by atoms with van der Waals surface area (Å²) in [6.45, 7) is 4.34. The number of thioether (sulfide) groups is 1. The minimum atomic E-state index is -0.625. The van der Waals surface area contributed by atoms with Crippen molar-refractivity contribution in [2.75, 3.05) is 5.75 Å². The van der Waals surface area contributed by atoms with E-state index >= 15 is 0 Å². The summed E-state index contributed by atoms with van der Waals surface area (Å²) in [5.74, 6) is 0.461. The van der Waals surface area contributed by atoms with Crippen LogP contribution >= 0.6 is 23.4 Å². The van der Waals surface area contributed by atoms with Gasteiger partial charge in [0.1, 0.15) is 6.04 Å². The highest BCUT2D eigenvalue weighted by atomic mass is 35.5. The molecule has 3 rings (SSSR count). The molecule has 35 heavy (non-hydrogen) atoms. The summed E-state index contributed by atoms with van der Waals surface area (Å²) in [6, 6.07) is 26.8. The number of hydrogen-bond donors (Lipinski definition) is 1. The monoisotopic (exact) mass is 508 g/mol. The second kappa shape index (κ2) is 14.0. The quantitative estimate of drug-likeness (QED) is 0.289. The molecule has 0 aromatic heterocycles. The molecule has 0 saturated carbocycles. The molecule has 2 atom stereocenters. The van der Waals surface area contributed by atoms with Gasteiger partial charge in [0.15, 0.2) is 0 Å². The summed E-state index contributed by atoms with van der Waals surface area (Å²) in [7, 11) is 0. The average Bonchev–Trinajstić information content (AvgIpc) is 2.87. The van der Waals surface area contributed by atoms with E-state index < -0.39 is 6.04 Å². The van der Waals surface area contributed by atoms with Crippen LogP contribution in [-0.4, -0.2) is 34.6 Å². The third-order valence-corrected chi connectivity index (χ3v) is 7.09. The molecule has 2 amide bonds. The number of nitrogens with zero attached hydrogens (tertiary/aromatic N) is 1. The standard InChI is InChI=1S/C29H33ClN2O2S/c1-3-22(2)31-29(34)27(20-23-11-6-4-7-12-23)32(21-24-13-10-14-25(30)19-24)28(33)17-18-35-26-15-8-5-9-16-26/h4-16,19,22,27H,3,17-18,20-21H2,1-2H3,(H,31,34). The number of nitrogens with one attached hydrogen (secondary N) is 1. The second-order valence-corrected chi connectivity index (χ2v) is 10.2. The number of amides is 2. The Morgan fingerprint density at radius 3 is 2.26 bits per heavy atom. The van der Waals surface area contributed by atoms with Gasteiger partial charge in [0.05, 0.1) is 0 Å². The van der Waals surface area contributed by atoms with Gasteiger partial charge in [-0.25, -0.2) is 0 Å². The van der Waals surface area contributed by atoms with E-state index in [9.17, 15) is 9.59 Å². The van der Waals surface area contributed by atoms with Crippen LogP contribution in [0.2, 0.25) is 5.02 Å². The van der Waals surface area contributed by atoms with Gasteiger partial charge in [-0.1, -0.05) is 79.2 Å². The van der Waals surface area contributed by atoms with Crippen LogP contribution in [0.3, 0.4) is 0 Å². The van der Waals surface area contributed by atoms with Gasteiger partial charge in [-0.15, -0.1) is 11.8 Å². The van der Waals surface area contributed by atoms with Crippen molar-refractivity contribution in [2.45, 2.75) is 56.6 Å². The van der Waals surface area contributed by atoms with E-state index in [-0.39, 0.29) is 17.9 Å². The molecule has 184 valence electrons. The molecular formula is C29H33ClN2O2S. The largest absolute Gasteiger partial charge is 0.352 e. The van der Waals surface area contributed by atoms with Crippen LogP contribution in [-0.2, 0) is 22.6 Å². The Morgan fingerprint density at radius 1 is 0.943 bits per heavy atom. The van der Waals surface area contributed by atoms with Crippen LogP contribution in [0.5, 0.6) is 0 Å². The van der Waals surface area contributed by atoms with Gasteiger partial charge >= 0.3 is 0 Å². The SMILES string of the molecule is CCC(C)NC(=O)C(Cc1ccccc1)N(Cc1cccc(Cl)c1)C(=O)CCSc1ccccc1. The van der Waals surface area contributed by atoms with Crippen molar-refractivity contribution in [3.05, 3.63) is 101 Å². The Morgan fingerprint density at radius 2 is 1.60 bits per heavy atom. The van der Waals surface area contributed by atoms with E-state index in [4.69, 9.17) is 11.6 Å². The molecule has 0 heterocycles. The Labute approximate surface area is 218 Å². The number of hydrogen-bond acceptors (Lipinski definition) is 3. The summed E-state index contributed by atoms with van der Waals surface area (Å²) >= 11 is 7.88. The highest BCUT2D eigenvalue weighted by molar-refractivity contribution is 7.99. The fourth-order valence-electron chi connectivity index (χ4n) is 3.74. The number of carbonyl (C=O) groups is 2. The number of benzene rings is 3. The Hall–Kier alpha value is -2.76. The molecule has 0 aliphatic carbocycles. The first-order chi connectivity index (χ1) is 17.0. The second-order valence-electron chi connectivity index (χ2n) is 8.59. The van der Waals surface area contributed by atoms with Crippen LogP contribution < -0.4 is 5.32 Å². The lowest BCUT2D eigenvalue weighted by Gasteiger charge is -2.32. The Kier molecular flexibility index (Phi) is 10.7. The molecular weight excluding hydrogens is 476 g/mol. The van der Waals surface area contributed by atoms with Gasteiger partial charge in [0, 0.05) is 41.1 Å². The van der Waals surface area contributed by atoms with E-state index in [2.05, 4.69) is 5.32 Å². The Bertz CT molecular complexity index is 1080. The fourth-order valence-corrected chi connectivity index (χ4v) is 4.82. The molecule has 0 aliphatic rings. The van der Waals surface area contributed by atoms with Crippen LogP contribution in [0.4, 0.5) is 0 Å². The number of carbonyl (C=O) groups excluding carboxylic acids is 2. The van der Waals surface area contributed by atoms with Crippen molar-refractivity contribution < 1.29 is 9.59 Å². The molecule has 0 spiro atoms. The maximum absolute atomic E-state index is 13.6. The van der Waals surface area contributed by atoms with Gasteiger partial charge < -0.3 is 10.2 Å². The molecule has 3 aromatic carbocycles. The molecule has 0 radical (unpaired) electrons. The highest BCUT2D eigenvalue weighted by Crippen LogP contribution is 2.21. The predicted octanol–water partition coefficient (Wildman–Crippen LogP) is 6.38. The number of rotatable bonds is 12. The maximum Gasteiger partial charge on any atom is 0.243 e. The van der Waals surface area contributed by atoms with Crippen LogP contribution in [0.1, 0.15) is 37.8 Å². The van der Waals surface area contributed by atoms with Gasteiger partial charge in [0.25, 0.3) is 0 Å². The van der Waals surface area contributed by atoms with E-state index in [0.29, 0.717) is 30.2 Å². The molecule has 0 fully saturated rings. The van der Waals surface area contributed by atoms with Crippen molar-refractivity contribution in [2.24, 2.45) is 0 Å². The molecule has 0 bridgehead atoms. The maximum atomic E-state index is 13.6. The lowest BCUT2D eigenvalue weighted by atomic mass is 10.0. The molecule has 4 nitrogen and oxygen atoms in total. The van der Waals surface area contributed by atoms with Gasteiger partial charge in [0.2, 0.25) is 11.8 Å². The normalized spacial score (nSPS) is 12.5. The zero-order valence-corrected chi connectivity index (χ0v) is 21.9. The summed E-state index contributed by atoms with van der Waals surface area (Å²) in [5.41, 5.74) is 1.91. The smallest absolute Gasteiger partial charge is 0.243 e. The summed E-state index contributed by atoms with van der Waals surface area (Å²) in [6.07, 6.45) is 1.60. The zero-order chi connectivity index (χ0) is 25.0. The van der Waals surface area contributed by atoms with Crippen LogP contribution in [0.15, 0.2) is 89.8 Å². The third-order valence-electron chi connectivity index (χ3n) is 5.84. The van der Waals surface area contributed by atoms with E-state index in [1.54, 1.807) is 16.7 Å².